The number of hydrogen-bond acceptors (Lipinski definition) is 1. The minimum atomic E-state index is 0.659. The van der Waals surface area contributed by atoms with Crippen LogP contribution in [0.2, 0.25) is 0 Å². The molecule has 1 aliphatic rings. The van der Waals surface area contributed by atoms with Gasteiger partial charge in [-0.3, -0.25) is 0 Å². The van der Waals surface area contributed by atoms with Crippen LogP contribution in [0.3, 0.4) is 0 Å². The monoisotopic (exact) mass is 372 g/mol. The fraction of sp³-hybridized carbons (Fsp3) is 0.259. The van der Waals surface area contributed by atoms with Crippen molar-refractivity contribution in [2.45, 2.75) is 39.5 Å². The summed E-state index contributed by atoms with van der Waals surface area (Å²) < 4.78 is 5.34. The Morgan fingerprint density at radius 1 is 0.607 bits per heavy atom. The molecule has 146 valence electrons. The van der Waals surface area contributed by atoms with Crippen LogP contribution < -0.4 is 4.74 Å². The van der Waals surface area contributed by atoms with Gasteiger partial charge in [-0.2, -0.15) is 0 Å². The molecule has 0 spiro atoms. The van der Waals surface area contributed by atoms with Crippen molar-refractivity contribution in [2.24, 2.45) is 0 Å². The molecule has 0 saturated heterocycles. The molecule has 0 atom stereocenters. The molecular weight excluding hydrogens is 340 g/mol. The van der Waals surface area contributed by atoms with Gasteiger partial charge in [-0.25, -0.2) is 0 Å². The lowest BCUT2D eigenvalue weighted by molar-refractivity contribution is 0.358. The maximum atomic E-state index is 5.34. The van der Waals surface area contributed by atoms with Gasteiger partial charge in [0.1, 0.15) is 12.4 Å². The first kappa shape index (κ1) is 21.5. The number of benzene rings is 3. The summed E-state index contributed by atoms with van der Waals surface area (Å²) in [6.45, 7) is 9.52. The van der Waals surface area contributed by atoms with E-state index in [-0.39, 0.29) is 0 Å². The SMILES string of the molecule is C1=Cc2ccccc2OC1.CC(C)c1ccccc1.CC(C)c1ccccc1. The second-order valence-corrected chi connectivity index (χ2v) is 7.38. The zero-order valence-corrected chi connectivity index (χ0v) is 17.5. The van der Waals surface area contributed by atoms with Gasteiger partial charge < -0.3 is 4.74 Å². The Hall–Kier alpha value is -2.80. The lowest BCUT2D eigenvalue weighted by atomic mass is 10.0. The van der Waals surface area contributed by atoms with Crippen molar-refractivity contribution >= 4 is 6.08 Å². The van der Waals surface area contributed by atoms with Gasteiger partial charge in [0.05, 0.1) is 0 Å². The van der Waals surface area contributed by atoms with E-state index in [1.165, 1.54) is 16.7 Å². The Morgan fingerprint density at radius 3 is 1.50 bits per heavy atom. The first-order valence-electron chi connectivity index (χ1n) is 10.1. The minimum Gasteiger partial charge on any atom is -0.489 e. The summed E-state index contributed by atoms with van der Waals surface area (Å²) in [5.41, 5.74) is 4.00. The van der Waals surface area contributed by atoms with E-state index in [4.69, 9.17) is 4.74 Å². The third-order valence-electron chi connectivity index (χ3n) is 4.48. The second kappa shape index (κ2) is 11.8. The zero-order chi connectivity index (χ0) is 20.2. The van der Waals surface area contributed by atoms with E-state index in [1.807, 2.05) is 42.5 Å². The topological polar surface area (TPSA) is 9.23 Å². The Balaban J connectivity index is 0.000000151. The zero-order valence-electron chi connectivity index (χ0n) is 17.5. The van der Waals surface area contributed by atoms with E-state index in [2.05, 4.69) is 82.3 Å². The smallest absolute Gasteiger partial charge is 0.126 e. The Kier molecular flexibility index (Phi) is 9.07. The molecule has 1 aliphatic heterocycles. The molecule has 1 nitrogen and oxygen atoms in total. The number of fused-ring (bicyclic) bond motifs is 1. The van der Waals surface area contributed by atoms with Gasteiger partial charge in [-0.05, 0) is 35.1 Å². The van der Waals surface area contributed by atoms with Crippen LogP contribution in [0.1, 0.15) is 56.2 Å². The van der Waals surface area contributed by atoms with Crippen LogP contribution in [-0.4, -0.2) is 6.61 Å². The number of para-hydroxylation sites is 1. The van der Waals surface area contributed by atoms with Crippen LogP contribution in [0.5, 0.6) is 5.75 Å². The summed E-state index contributed by atoms with van der Waals surface area (Å²) in [4.78, 5) is 0. The van der Waals surface area contributed by atoms with E-state index in [9.17, 15) is 0 Å². The first-order chi connectivity index (χ1) is 13.6. The third-order valence-corrected chi connectivity index (χ3v) is 4.48. The molecule has 0 fully saturated rings. The van der Waals surface area contributed by atoms with Gasteiger partial charge >= 0.3 is 0 Å². The van der Waals surface area contributed by atoms with E-state index in [0.717, 1.165) is 5.75 Å². The standard InChI is InChI=1S/C9H8O.2C9H12/c1-2-6-9-8(4-1)5-3-7-10-9;2*1-8(2)9-6-4-3-5-7-9/h1-6H,7H2;2*3-8H,1-2H3. The fourth-order valence-corrected chi connectivity index (χ4v) is 2.74. The highest BCUT2D eigenvalue weighted by atomic mass is 16.5. The van der Waals surface area contributed by atoms with Gasteiger partial charge in [0, 0.05) is 5.56 Å². The summed E-state index contributed by atoms with van der Waals surface area (Å²) in [6, 6.07) is 29.1. The minimum absolute atomic E-state index is 0.659. The van der Waals surface area contributed by atoms with E-state index < -0.39 is 0 Å². The maximum Gasteiger partial charge on any atom is 0.126 e. The van der Waals surface area contributed by atoms with E-state index in [0.29, 0.717) is 18.4 Å². The summed E-state index contributed by atoms with van der Waals surface area (Å²) in [7, 11) is 0. The summed E-state index contributed by atoms with van der Waals surface area (Å²) >= 11 is 0. The van der Waals surface area contributed by atoms with Crippen LogP contribution >= 0.6 is 0 Å². The van der Waals surface area contributed by atoms with Gasteiger partial charge in [-0.15, -0.1) is 0 Å². The van der Waals surface area contributed by atoms with Crippen molar-refractivity contribution in [3.63, 3.8) is 0 Å². The molecule has 0 N–H and O–H groups in total. The molecule has 4 rings (SSSR count). The molecule has 3 aromatic carbocycles. The highest BCUT2D eigenvalue weighted by Gasteiger charge is 2.01. The molecule has 1 heteroatoms. The number of hydrogen-bond donors (Lipinski definition) is 0. The Morgan fingerprint density at radius 2 is 1.07 bits per heavy atom. The average molecular weight is 373 g/mol. The molecule has 0 amide bonds. The quantitative estimate of drug-likeness (QED) is 0.447. The van der Waals surface area contributed by atoms with Crippen molar-refractivity contribution in [3.8, 4) is 5.75 Å². The van der Waals surface area contributed by atoms with Crippen molar-refractivity contribution in [3.05, 3.63) is 108 Å². The number of ether oxygens (including phenoxy) is 1. The molecule has 1 heterocycles. The van der Waals surface area contributed by atoms with Crippen LogP contribution in [0, 0.1) is 0 Å². The van der Waals surface area contributed by atoms with Gasteiger partial charge in [-0.1, -0.05) is 113 Å². The molecular formula is C27H32O. The largest absolute Gasteiger partial charge is 0.489 e. The molecule has 3 aromatic rings. The third kappa shape index (κ3) is 7.44. The predicted molar refractivity (Wildman–Crippen MR) is 122 cm³/mol. The summed E-state index contributed by atoms with van der Waals surface area (Å²) in [5, 5.41) is 0. The van der Waals surface area contributed by atoms with Crippen LogP contribution in [0.4, 0.5) is 0 Å². The highest BCUT2D eigenvalue weighted by molar-refractivity contribution is 5.58. The maximum absolute atomic E-state index is 5.34. The van der Waals surface area contributed by atoms with Crippen molar-refractivity contribution < 1.29 is 4.74 Å². The molecule has 0 aliphatic carbocycles. The first-order valence-corrected chi connectivity index (χ1v) is 10.1. The predicted octanol–water partition coefficient (Wildman–Crippen LogP) is 7.71. The lowest BCUT2D eigenvalue weighted by Crippen LogP contribution is -1.98. The fourth-order valence-electron chi connectivity index (χ4n) is 2.74. The molecule has 0 aromatic heterocycles. The van der Waals surface area contributed by atoms with Crippen LogP contribution in [0.25, 0.3) is 6.08 Å². The second-order valence-electron chi connectivity index (χ2n) is 7.38. The molecule has 28 heavy (non-hydrogen) atoms. The normalized spacial score (nSPS) is 11.5. The van der Waals surface area contributed by atoms with Crippen molar-refractivity contribution in [2.75, 3.05) is 6.61 Å². The lowest BCUT2D eigenvalue weighted by Gasteiger charge is -2.10. The summed E-state index contributed by atoms with van der Waals surface area (Å²) in [6.07, 6.45) is 4.10. The van der Waals surface area contributed by atoms with Gasteiger partial charge in [0.25, 0.3) is 0 Å². The van der Waals surface area contributed by atoms with E-state index in [1.54, 1.807) is 0 Å². The van der Waals surface area contributed by atoms with Crippen molar-refractivity contribution in [1.29, 1.82) is 0 Å². The van der Waals surface area contributed by atoms with E-state index >= 15 is 0 Å². The average Bonchev–Trinajstić information content (AvgIpc) is 2.76. The Bertz CT molecular complexity index is 774. The summed E-state index contributed by atoms with van der Waals surface area (Å²) in [5.74, 6) is 2.31. The van der Waals surface area contributed by atoms with Crippen LogP contribution in [-0.2, 0) is 0 Å². The van der Waals surface area contributed by atoms with Crippen LogP contribution in [0.15, 0.2) is 91.0 Å². The van der Waals surface area contributed by atoms with Gasteiger partial charge in [0.15, 0.2) is 0 Å². The molecule has 0 bridgehead atoms. The highest BCUT2D eigenvalue weighted by Crippen LogP contribution is 2.21. The van der Waals surface area contributed by atoms with Crippen molar-refractivity contribution in [1.82, 2.24) is 0 Å². The Labute approximate surface area is 170 Å². The molecule has 0 unspecified atom stereocenters. The molecule has 0 radical (unpaired) electrons. The van der Waals surface area contributed by atoms with Gasteiger partial charge in [0.2, 0.25) is 0 Å². The number of rotatable bonds is 2. The molecule has 0 saturated carbocycles.